The first-order valence-electron chi connectivity index (χ1n) is 10.6. The predicted molar refractivity (Wildman–Crippen MR) is 127 cm³/mol. The van der Waals surface area contributed by atoms with Gasteiger partial charge in [0.25, 0.3) is 0 Å². The fourth-order valence-electron chi connectivity index (χ4n) is 3.67. The number of rotatable bonds is 9. The zero-order valence-electron chi connectivity index (χ0n) is 19.5. The van der Waals surface area contributed by atoms with Crippen molar-refractivity contribution in [3.63, 3.8) is 0 Å². The van der Waals surface area contributed by atoms with Crippen molar-refractivity contribution in [1.82, 2.24) is 14.5 Å². The second-order valence-corrected chi connectivity index (χ2v) is 7.96. The highest BCUT2D eigenvalue weighted by atomic mass is 35.5. The van der Waals surface area contributed by atoms with Crippen LogP contribution in [0.2, 0.25) is 5.02 Å². The van der Waals surface area contributed by atoms with Crippen LogP contribution in [0.4, 0.5) is 13.2 Å². The number of imidazole rings is 1. The van der Waals surface area contributed by atoms with Gasteiger partial charge in [-0.05, 0) is 19.1 Å². The number of methoxy groups -OCH3 is 2. The number of alkyl halides is 1. The molecule has 0 saturated carbocycles. The molecule has 36 heavy (non-hydrogen) atoms. The third kappa shape index (κ3) is 4.66. The van der Waals surface area contributed by atoms with Gasteiger partial charge >= 0.3 is 5.69 Å². The maximum atomic E-state index is 14.5. The summed E-state index contributed by atoms with van der Waals surface area (Å²) in [5.41, 5.74) is 0.566. The molecule has 0 aliphatic heterocycles. The van der Waals surface area contributed by atoms with Crippen LogP contribution in [-0.4, -0.2) is 42.0 Å². The maximum Gasteiger partial charge on any atom is 0.332 e. The van der Waals surface area contributed by atoms with E-state index in [0.29, 0.717) is 17.0 Å². The van der Waals surface area contributed by atoms with Crippen LogP contribution in [0.15, 0.2) is 35.1 Å². The average molecular weight is 524 g/mol. The lowest BCUT2D eigenvalue weighted by Gasteiger charge is -2.17. The van der Waals surface area contributed by atoms with Gasteiger partial charge in [-0.25, -0.2) is 27.5 Å². The number of pyridine rings is 1. The predicted octanol–water partition coefficient (Wildman–Crippen LogP) is 4.90. The Morgan fingerprint density at radius 3 is 2.44 bits per heavy atom. The molecule has 12 heteroatoms. The zero-order chi connectivity index (χ0) is 26.0. The number of aryl methyl sites for hydroxylation is 1. The van der Waals surface area contributed by atoms with E-state index >= 15 is 0 Å². The summed E-state index contributed by atoms with van der Waals surface area (Å²) < 4.78 is 63.9. The summed E-state index contributed by atoms with van der Waals surface area (Å²) in [6.07, 6.45) is 0. The van der Waals surface area contributed by atoms with Crippen molar-refractivity contribution in [1.29, 1.82) is 0 Å². The van der Waals surface area contributed by atoms with Crippen LogP contribution in [0, 0.1) is 18.6 Å². The summed E-state index contributed by atoms with van der Waals surface area (Å²) in [4.78, 5) is 20.0. The maximum absolute atomic E-state index is 14.5. The van der Waals surface area contributed by atoms with Gasteiger partial charge in [-0.2, -0.15) is 0 Å². The summed E-state index contributed by atoms with van der Waals surface area (Å²) in [5.74, 6) is -1.73. The Morgan fingerprint density at radius 2 is 1.75 bits per heavy atom. The van der Waals surface area contributed by atoms with Crippen molar-refractivity contribution in [2.24, 2.45) is 0 Å². The number of nitrogens with one attached hydrogen (secondary N) is 1. The van der Waals surface area contributed by atoms with E-state index < -0.39 is 30.6 Å². The standard InChI is InChI=1S/C24H21ClF3N3O5/c1-12-8-20(34-3)22-23(29-12)31(24(32)30-22)16-10-19(18(9-14(16)25)35-7-6-26)36-11-13-17(33-2)5-4-15(27)21(13)28/h4-5,8-10H,6-7,11H2,1-3H3,(H,30,32). The van der Waals surface area contributed by atoms with Crippen LogP contribution in [0.3, 0.4) is 0 Å². The Kier molecular flexibility index (Phi) is 7.30. The molecular formula is C24H21ClF3N3O5. The first kappa shape index (κ1) is 25.2. The molecule has 2 aromatic carbocycles. The SMILES string of the molecule is COc1ccc(F)c(F)c1COc1cc(-n2c(=O)[nH]c3c(OC)cc(C)nc32)c(Cl)cc1OCCF. The van der Waals surface area contributed by atoms with Crippen LogP contribution in [0.5, 0.6) is 23.0 Å². The van der Waals surface area contributed by atoms with E-state index in [0.717, 1.165) is 6.07 Å². The minimum Gasteiger partial charge on any atom is -0.496 e. The number of hydrogen-bond acceptors (Lipinski definition) is 6. The van der Waals surface area contributed by atoms with E-state index in [1.807, 2.05) is 0 Å². The fraction of sp³-hybridized carbons (Fsp3) is 0.250. The Labute approximate surface area is 208 Å². The molecule has 0 spiro atoms. The van der Waals surface area contributed by atoms with Crippen molar-refractivity contribution in [2.75, 3.05) is 27.5 Å². The van der Waals surface area contributed by atoms with Crippen molar-refractivity contribution in [3.05, 3.63) is 68.7 Å². The first-order chi connectivity index (χ1) is 17.3. The van der Waals surface area contributed by atoms with E-state index in [1.54, 1.807) is 13.0 Å². The molecule has 2 heterocycles. The molecule has 8 nitrogen and oxygen atoms in total. The second kappa shape index (κ2) is 10.4. The van der Waals surface area contributed by atoms with Gasteiger partial charge in [0.15, 0.2) is 28.8 Å². The highest BCUT2D eigenvalue weighted by Crippen LogP contribution is 2.38. The number of halogens is 4. The van der Waals surface area contributed by atoms with E-state index in [9.17, 15) is 18.0 Å². The second-order valence-electron chi connectivity index (χ2n) is 7.55. The molecular weight excluding hydrogens is 503 g/mol. The molecule has 0 unspecified atom stereocenters. The van der Waals surface area contributed by atoms with Gasteiger partial charge in [0.05, 0.1) is 30.5 Å². The normalized spacial score (nSPS) is 11.1. The largest absolute Gasteiger partial charge is 0.496 e. The van der Waals surface area contributed by atoms with Crippen molar-refractivity contribution in [2.45, 2.75) is 13.5 Å². The Bertz CT molecular complexity index is 1490. The highest BCUT2D eigenvalue weighted by molar-refractivity contribution is 6.32. The number of hydrogen-bond donors (Lipinski definition) is 1. The number of aromatic nitrogens is 3. The molecule has 2 aromatic heterocycles. The van der Waals surface area contributed by atoms with Gasteiger partial charge in [-0.1, -0.05) is 11.6 Å². The summed E-state index contributed by atoms with van der Waals surface area (Å²) in [7, 11) is 2.76. The molecule has 0 aliphatic carbocycles. The summed E-state index contributed by atoms with van der Waals surface area (Å²) in [6, 6.07) is 6.55. The minimum absolute atomic E-state index is 0.00516. The summed E-state index contributed by atoms with van der Waals surface area (Å²) in [6.45, 7) is 0.160. The smallest absolute Gasteiger partial charge is 0.332 e. The van der Waals surface area contributed by atoms with E-state index in [-0.39, 0.29) is 45.8 Å². The molecule has 1 N–H and O–H groups in total. The Morgan fingerprint density at radius 1 is 1.03 bits per heavy atom. The van der Waals surface area contributed by atoms with Gasteiger partial charge < -0.3 is 23.9 Å². The summed E-state index contributed by atoms with van der Waals surface area (Å²) in [5, 5.41) is 0.0657. The van der Waals surface area contributed by atoms with Crippen LogP contribution in [0.1, 0.15) is 11.3 Å². The molecule has 0 fully saturated rings. The van der Waals surface area contributed by atoms with Gasteiger partial charge in [-0.3, -0.25) is 0 Å². The van der Waals surface area contributed by atoms with Crippen LogP contribution in [-0.2, 0) is 6.61 Å². The average Bonchev–Trinajstić information content (AvgIpc) is 3.19. The molecule has 0 radical (unpaired) electrons. The lowest BCUT2D eigenvalue weighted by Crippen LogP contribution is -2.16. The van der Waals surface area contributed by atoms with Crippen LogP contribution in [0.25, 0.3) is 16.9 Å². The number of nitrogens with zero attached hydrogens (tertiary/aromatic N) is 2. The topological polar surface area (TPSA) is 87.6 Å². The van der Waals surface area contributed by atoms with E-state index in [2.05, 4.69) is 9.97 Å². The third-order valence-electron chi connectivity index (χ3n) is 5.29. The first-order valence-corrected chi connectivity index (χ1v) is 11.0. The van der Waals surface area contributed by atoms with Gasteiger partial charge in [-0.15, -0.1) is 0 Å². The van der Waals surface area contributed by atoms with Crippen molar-refractivity contribution < 1.29 is 32.1 Å². The number of ether oxygens (including phenoxy) is 4. The molecule has 190 valence electrons. The minimum atomic E-state index is -1.14. The number of aromatic amines is 1. The van der Waals surface area contributed by atoms with Gasteiger partial charge in [0.1, 0.15) is 36.9 Å². The lowest BCUT2D eigenvalue weighted by molar-refractivity contribution is 0.238. The van der Waals surface area contributed by atoms with Crippen molar-refractivity contribution in [3.8, 4) is 28.7 Å². The van der Waals surface area contributed by atoms with Gasteiger partial charge in [0.2, 0.25) is 0 Å². The molecule has 0 atom stereocenters. The molecule has 4 aromatic rings. The molecule has 0 bridgehead atoms. The molecule has 0 saturated heterocycles. The highest BCUT2D eigenvalue weighted by Gasteiger charge is 2.21. The molecule has 0 aliphatic rings. The lowest BCUT2D eigenvalue weighted by atomic mass is 10.2. The van der Waals surface area contributed by atoms with Crippen LogP contribution < -0.4 is 24.6 Å². The number of fused-ring (bicyclic) bond motifs is 1. The third-order valence-corrected chi connectivity index (χ3v) is 5.60. The Hall–Kier alpha value is -3.86. The molecule has 4 rings (SSSR count). The Balaban J connectivity index is 1.84. The summed E-state index contributed by atoms with van der Waals surface area (Å²) >= 11 is 6.48. The van der Waals surface area contributed by atoms with Crippen molar-refractivity contribution >= 4 is 22.8 Å². The molecule has 0 amide bonds. The fourth-order valence-corrected chi connectivity index (χ4v) is 3.91. The number of H-pyrrole nitrogens is 1. The van der Waals surface area contributed by atoms with Crippen LogP contribution >= 0.6 is 11.6 Å². The van der Waals surface area contributed by atoms with E-state index in [4.69, 9.17) is 30.5 Å². The number of benzene rings is 2. The van der Waals surface area contributed by atoms with Gasteiger partial charge in [0, 0.05) is 23.9 Å². The zero-order valence-corrected chi connectivity index (χ0v) is 20.2. The van der Waals surface area contributed by atoms with E-state index in [1.165, 1.54) is 37.0 Å². The monoisotopic (exact) mass is 523 g/mol. The quantitative estimate of drug-likeness (QED) is 0.336.